The minimum atomic E-state index is 0.573. The van der Waals surface area contributed by atoms with E-state index in [1.807, 2.05) is 0 Å². The van der Waals surface area contributed by atoms with Gasteiger partial charge in [-0.3, -0.25) is 4.90 Å². The van der Waals surface area contributed by atoms with Crippen molar-refractivity contribution in [1.29, 1.82) is 0 Å². The summed E-state index contributed by atoms with van der Waals surface area (Å²) in [5.74, 6) is 1.34. The van der Waals surface area contributed by atoms with E-state index in [0.29, 0.717) is 5.89 Å². The van der Waals surface area contributed by atoms with E-state index in [1.165, 1.54) is 52.0 Å². The van der Waals surface area contributed by atoms with Gasteiger partial charge in [0.2, 0.25) is 0 Å². The van der Waals surface area contributed by atoms with E-state index < -0.39 is 0 Å². The van der Waals surface area contributed by atoms with Crippen molar-refractivity contribution in [3.05, 3.63) is 47.3 Å². The number of nitrogens with one attached hydrogen (secondary N) is 2. The fraction of sp³-hybridized carbons (Fsp3) is 0.333. The number of para-hydroxylation sites is 1. The Morgan fingerprint density at radius 1 is 0.967 bits per heavy atom. The van der Waals surface area contributed by atoms with Crippen molar-refractivity contribution >= 4 is 32.7 Å². The lowest BCUT2D eigenvalue weighted by molar-refractivity contribution is 0.213. The minimum Gasteiger partial charge on any atom is -0.354 e. The number of hydrogen-bond acceptors (Lipinski definition) is 4. The number of nitrogens with zero attached hydrogens (tertiary/aromatic N) is 3. The van der Waals surface area contributed by atoms with Crippen molar-refractivity contribution in [2.24, 2.45) is 0 Å². The lowest BCUT2D eigenvalue weighted by Gasteiger charge is -2.24. The predicted molar refractivity (Wildman–Crippen MR) is 120 cm³/mol. The van der Waals surface area contributed by atoms with Crippen LogP contribution in [0.25, 0.3) is 44.3 Å². The number of fused-ring (bicyclic) bond motifs is 4. The molecule has 0 spiro atoms. The topological polar surface area (TPSA) is 73.7 Å². The zero-order valence-electron chi connectivity index (χ0n) is 17.4. The van der Waals surface area contributed by atoms with Crippen molar-refractivity contribution in [1.82, 2.24) is 25.0 Å². The number of H-pyrrole nitrogens is 2. The summed E-state index contributed by atoms with van der Waals surface area (Å²) in [6.07, 6.45) is 3.84. The first-order valence-electron chi connectivity index (χ1n) is 10.8. The highest BCUT2D eigenvalue weighted by Crippen LogP contribution is 2.37. The third-order valence-electron chi connectivity index (χ3n) is 6.56. The van der Waals surface area contributed by atoms with Crippen molar-refractivity contribution in [2.75, 3.05) is 13.1 Å². The van der Waals surface area contributed by atoms with Crippen molar-refractivity contribution in [2.45, 2.75) is 39.7 Å². The van der Waals surface area contributed by atoms with Gasteiger partial charge in [-0.25, -0.2) is 0 Å². The molecule has 1 aliphatic heterocycles. The van der Waals surface area contributed by atoms with E-state index in [9.17, 15) is 0 Å². The molecule has 1 fully saturated rings. The second-order valence-corrected chi connectivity index (χ2v) is 8.49. The molecule has 2 N–H and O–H groups in total. The molecule has 3 aromatic heterocycles. The Balaban J connectivity index is 1.44. The Morgan fingerprint density at radius 3 is 2.67 bits per heavy atom. The highest BCUT2D eigenvalue weighted by molar-refractivity contribution is 6.14. The summed E-state index contributed by atoms with van der Waals surface area (Å²) in [5, 5.41) is 7.95. The Kier molecular flexibility index (Phi) is 3.96. The van der Waals surface area contributed by atoms with Crippen LogP contribution < -0.4 is 0 Å². The van der Waals surface area contributed by atoms with Gasteiger partial charge < -0.3 is 14.5 Å². The number of hydrogen-bond donors (Lipinski definition) is 2. The van der Waals surface area contributed by atoms with Crippen LogP contribution in [0, 0.1) is 13.8 Å². The predicted octanol–water partition coefficient (Wildman–Crippen LogP) is 5.46. The van der Waals surface area contributed by atoms with Crippen molar-refractivity contribution in [3.63, 3.8) is 0 Å². The number of rotatable bonds is 3. The third-order valence-corrected chi connectivity index (χ3v) is 6.56. The van der Waals surface area contributed by atoms with Gasteiger partial charge in [0.1, 0.15) is 5.69 Å². The van der Waals surface area contributed by atoms with Crippen LogP contribution >= 0.6 is 0 Å². The maximum atomic E-state index is 5.66. The van der Waals surface area contributed by atoms with Crippen molar-refractivity contribution < 1.29 is 4.52 Å². The minimum absolute atomic E-state index is 0.573. The van der Waals surface area contributed by atoms with Crippen LogP contribution in [0.15, 0.2) is 34.9 Å². The monoisotopic (exact) mass is 399 g/mol. The largest absolute Gasteiger partial charge is 0.354 e. The number of aryl methyl sites for hydroxylation is 2. The maximum absolute atomic E-state index is 5.66. The number of aromatic amines is 2. The second-order valence-electron chi connectivity index (χ2n) is 8.49. The van der Waals surface area contributed by atoms with Gasteiger partial charge in [-0.15, -0.1) is 0 Å². The maximum Gasteiger partial charge on any atom is 0.274 e. The molecule has 0 atom stereocenters. The summed E-state index contributed by atoms with van der Waals surface area (Å²) < 4.78 is 5.66. The molecule has 0 unspecified atom stereocenters. The molecule has 0 aliphatic carbocycles. The molecule has 0 amide bonds. The first-order chi connectivity index (χ1) is 14.7. The zero-order valence-corrected chi connectivity index (χ0v) is 17.4. The molecule has 5 aromatic rings. The average molecular weight is 399 g/mol. The molecule has 6 rings (SSSR count). The quantitative estimate of drug-likeness (QED) is 0.423. The standard InChI is InChI=1S/C24H25N5O/c1-14-21-15(2)23(24-27-20(28-30-24)13-29-10-6-3-7-11-29)26-19(21)12-17-16-8-4-5-9-18(16)25-22(14)17/h4-5,8-9,12,25-26H,3,6-7,10-11,13H2,1-2H3. The molecule has 4 heterocycles. The molecule has 30 heavy (non-hydrogen) atoms. The normalized spacial score (nSPS) is 15.7. The smallest absolute Gasteiger partial charge is 0.274 e. The lowest BCUT2D eigenvalue weighted by atomic mass is 10.0. The summed E-state index contributed by atoms with van der Waals surface area (Å²) in [5.41, 5.74) is 6.77. The van der Waals surface area contributed by atoms with Gasteiger partial charge in [0.25, 0.3) is 5.89 Å². The SMILES string of the molecule is Cc1c(-c2nc(CN3CCCCC3)no2)[nH]c2cc3c([nH]c4ccccc43)c(C)c12. The van der Waals surface area contributed by atoms with E-state index in [2.05, 4.69) is 64.2 Å². The molecular formula is C24H25N5O. The second kappa shape index (κ2) is 6.71. The Morgan fingerprint density at radius 2 is 1.80 bits per heavy atom. The molecular weight excluding hydrogens is 374 g/mol. The highest BCUT2D eigenvalue weighted by atomic mass is 16.5. The van der Waals surface area contributed by atoms with Crippen LogP contribution in [-0.4, -0.2) is 38.1 Å². The van der Waals surface area contributed by atoms with Gasteiger partial charge in [0.15, 0.2) is 5.82 Å². The van der Waals surface area contributed by atoms with Crippen molar-refractivity contribution in [3.8, 4) is 11.6 Å². The lowest BCUT2D eigenvalue weighted by Crippen LogP contribution is -2.29. The number of benzene rings is 2. The van der Waals surface area contributed by atoms with Gasteiger partial charge in [0, 0.05) is 27.2 Å². The summed E-state index contributed by atoms with van der Waals surface area (Å²) in [7, 11) is 0. The average Bonchev–Trinajstić information content (AvgIpc) is 3.45. The van der Waals surface area contributed by atoms with Crippen LogP contribution in [0.4, 0.5) is 0 Å². The highest BCUT2D eigenvalue weighted by Gasteiger charge is 2.21. The molecule has 2 aromatic carbocycles. The van der Waals surface area contributed by atoms with Crippen LogP contribution in [0.1, 0.15) is 36.2 Å². The van der Waals surface area contributed by atoms with Crippen LogP contribution in [0.3, 0.4) is 0 Å². The Labute approximate surface area is 174 Å². The summed E-state index contributed by atoms with van der Waals surface area (Å²) in [6, 6.07) is 10.7. The van der Waals surface area contributed by atoms with Gasteiger partial charge >= 0.3 is 0 Å². The zero-order chi connectivity index (χ0) is 20.2. The molecule has 1 saturated heterocycles. The molecule has 152 valence electrons. The summed E-state index contributed by atoms with van der Waals surface area (Å²) >= 11 is 0. The van der Waals surface area contributed by atoms with Gasteiger partial charge in [0.05, 0.1) is 12.1 Å². The molecule has 6 heteroatoms. The van der Waals surface area contributed by atoms with Gasteiger partial charge in [-0.1, -0.05) is 29.8 Å². The van der Waals surface area contributed by atoms with Crippen LogP contribution in [0.5, 0.6) is 0 Å². The van der Waals surface area contributed by atoms with E-state index in [4.69, 9.17) is 9.51 Å². The van der Waals surface area contributed by atoms with E-state index >= 15 is 0 Å². The van der Waals surface area contributed by atoms with Gasteiger partial charge in [-0.2, -0.15) is 4.98 Å². The molecule has 0 saturated carbocycles. The molecule has 0 radical (unpaired) electrons. The van der Waals surface area contributed by atoms with E-state index in [1.54, 1.807) is 0 Å². The Bertz CT molecular complexity index is 1380. The fourth-order valence-corrected chi connectivity index (χ4v) is 5.04. The summed E-state index contributed by atoms with van der Waals surface area (Å²) in [6.45, 7) is 7.31. The molecule has 1 aliphatic rings. The first-order valence-corrected chi connectivity index (χ1v) is 10.8. The molecule has 6 nitrogen and oxygen atoms in total. The number of likely N-dealkylation sites (tertiary alicyclic amines) is 1. The van der Waals surface area contributed by atoms with Gasteiger partial charge in [-0.05, 0) is 63.0 Å². The first kappa shape index (κ1) is 17.7. The number of piperidine rings is 1. The van der Waals surface area contributed by atoms with E-state index in [0.717, 1.165) is 42.2 Å². The number of aromatic nitrogens is 4. The Hall–Kier alpha value is -3.12. The van der Waals surface area contributed by atoms with E-state index in [-0.39, 0.29) is 0 Å². The fourth-order valence-electron chi connectivity index (χ4n) is 5.04. The van der Waals surface area contributed by atoms with Crippen LogP contribution in [0.2, 0.25) is 0 Å². The summed E-state index contributed by atoms with van der Waals surface area (Å²) in [4.78, 5) is 14.3. The molecule has 0 bridgehead atoms. The van der Waals surface area contributed by atoms with Crippen LogP contribution in [-0.2, 0) is 6.54 Å². The third kappa shape index (κ3) is 2.67.